The van der Waals surface area contributed by atoms with Crippen molar-refractivity contribution in [1.82, 2.24) is 15.0 Å². The molecular formula is C15H13ClIN5O. The van der Waals surface area contributed by atoms with Gasteiger partial charge in [0.15, 0.2) is 0 Å². The lowest BCUT2D eigenvalue weighted by Crippen LogP contribution is -2.13. The van der Waals surface area contributed by atoms with E-state index in [1.54, 1.807) is 6.07 Å². The summed E-state index contributed by atoms with van der Waals surface area (Å²) in [5.41, 5.74) is 2.02. The van der Waals surface area contributed by atoms with Gasteiger partial charge < -0.3 is 10.3 Å². The van der Waals surface area contributed by atoms with Crippen molar-refractivity contribution in [1.29, 1.82) is 0 Å². The van der Waals surface area contributed by atoms with Crippen LogP contribution in [-0.4, -0.2) is 27.4 Å². The molecule has 0 aliphatic rings. The number of carbonyl (C=O) groups excluding carboxylic acids is 1. The summed E-state index contributed by atoms with van der Waals surface area (Å²) in [6, 6.07) is 7.39. The van der Waals surface area contributed by atoms with Crippen molar-refractivity contribution in [2.45, 2.75) is 6.92 Å². The maximum absolute atomic E-state index is 12.3. The molecule has 1 amide bonds. The van der Waals surface area contributed by atoms with E-state index in [0.717, 1.165) is 14.6 Å². The average Bonchev–Trinajstić information content (AvgIpc) is 2.90. The number of nitrogens with zero attached hydrogens (tertiary/aromatic N) is 2. The quantitative estimate of drug-likeness (QED) is 0.536. The highest BCUT2D eigenvalue weighted by molar-refractivity contribution is 14.1. The molecule has 3 rings (SSSR count). The van der Waals surface area contributed by atoms with Crippen LogP contribution in [0.1, 0.15) is 17.3 Å². The van der Waals surface area contributed by atoms with E-state index in [0.29, 0.717) is 28.9 Å². The van der Waals surface area contributed by atoms with E-state index >= 15 is 0 Å². The number of rotatable bonds is 4. The summed E-state index contributed by atoms with van der Waals surface area (Å²) >= 11 is 8.33. The predicted molar refractivity (Wildman–Crippen MR) is 100 cm³/mol. The van der Waals surface area contributed by atoms with Gasteiger partial charge in [-0.05, 0) is 53.8 Å². The van der Waals surface area contributed by atoms with Crippen molar-refractivity contribution in [3.63, 3.8) is 0 Å². The second-order valence-corrected chi connectivity index (χ2v) is 6.44. The van der Waals surface area contributed by atoms with E-state index in [2.05, 4.69) is 48.2 Å². The van der Waals surface area contributed by atoms with Crippen LogP contribution in [0.2, 0.25) is 5.02 Å². The lowest BCUT2D eigenvalue weighted by molar-refractivity contribution is 0.102. The molecule has 0 aliphatic carbocycles. The van der Waals surface area contributed by atoms with E-state index in [1.807, 2.05) is 25.1 Å². The number of anilines is 2. The van der Waals surface area contributed by atoms with Crippen LogP contribution in [0, 0.1) is 3.57 Å². The minimum Gasteiger partial charge on any atom is -0.369 e. The maximum atomic E-state index is 12.3. The van der Waals surface area contributed by atoms with Crippen molar-refractivity contribution < 1.29 is 4.79 Å². The summed E-state index contributed by atoms with van der Waals surface area (Å²) < 4.78 is 1.09. The van der Waals surface area contributed by atoms with Gasteiger partial charge in [0.1, 0.15) is 5.82 Å². The molecule has 0 unspecified atom stereocenters. The molecule has 3 aromatic rings. The van der Waals surface area contributed by atoms with Crippen molar-refractivity contribution in [3.05, 3.63) is 44.6 Å². The van der Waals surface area contributed by atoms with Gasteiger partial charge in [0.25, 0.3) is 5.91 Å². The highest BCUT2D eigenvalue weighted by Crippen LogP contribution is 2.21. The number of imidazole rings is 1. The first-order valence-corrected chi connectivity index (χ1v) is 8.38. The SMILES string of the molecule is CCNc1ncc(C(=O)Nc2nc3ccc(I)cc3[nH]2)cc1Cl. The molecule has 0 aliphatic heterocycles. The Morgan fingerprint density at radius 3 is 2.96 bits per heavy atom. The molecule has 8 heteroatoms. The van der Waals surface area contributed by atoms with Crippen LogP contribution in [0.5, 0.6) is 0 Å². The summed E-state index contributed by atoms with van der Waals surface area (Å²) in [5.74, 6) is 0.624. The number of hydrogen-bond acceptors (Lipinski definition) is 4. The number of aromatic nitrogens is 3. The Balaban J connectivity index is 1.81. The number of nitrogens with one attached hydrogen (secondary N) is 3. The zero-order chi connectivity index (χ0) is 16.4. The highest BCUT2D eigenvalue weighted by Gasteiger charge is 2.12. The fraction of sp³-hybridized carbons (Fsp3) is 0.133. The first-order chi connectivity index (χ1) is 11.1. The topological polar surface area (TPSA) is 82.7 Å². The van der Waals surface area contributed by atoms with E-state index in [9.17, 15) is 4.79 Å². The van der Waals surface area contributed by atoms with Crippen molar-refractivity contribution >= 4 is 62.9 Å². The van der Waals surface area contributed by atoms with Crippen LogP contribution in [0.3, 0.4) is 0 Å². The van der Waals surface area contributed by atoms with Crippen LogP contribution < -0.4 is 10.6 Å². The predicted octanol–water partition coefficient (Wildman–Crippen LogP) is 3.90. The molecule has 2 aromatic heterocycles. The molecule has 0 radical (unpaired) electrons. The van der Waals surface area contributed by atoms with Gasteiger partial charge in [-0.3, -0.25) is 10.1 Å². The van der Waals surface area contributed by atoms with E-state index < -0.39 is 0 Å². The molecule has 0 atom stereocenters. The Bertz CT molecular complexity index is 879. The Kier molecular flexibility index (Phi) is 4.67. The normalized spacial score (nSPS) is 10.7. The second-order valence-electron chi connectivity index (χ2n) is 4.79. The van der Waals surface area contributed by atoms with Gasteiger partial charge in [-0.1, -0.05) is 11.6 Å². The zero-order valence-electron chi connectivity index (χ0n) is 12.2. The maximum Gasteiger partial charge on any atom is 0.259 e. The Morgan fingerprint density at radius 1 is 1.39 bits per heavy atom. The number of carbonyl (C=O) groups is 1. The second kappa shape index (κ2) is 6.71. The lowest BCUT2D eigenvalue weighted by atomic mass is 10.2. The number of pyridine rings is 1. The number of hydrogen-bond donors (Lipinski definition) is 3. The third-order valence-electron chi connectivity index (χ3n) is 3.12. The van der Waals surface area contributed by atoms with Gasteiger partial charge >= 0.3 is 0 Å². The smallest absolute Gasteiger partial charge is 0.259 e. The number of halogens is 2. The van der Waals surface area contributed by atoms with Crippen LogP contribution >= 0.6 is 34.2 Å². The molecule has 0 bridgehead atoms. The number of amides is 1. The number of aromatic amines is 1. The number of H-pyrrole nitrogens is 1. The molecule has 118 valence electrons. The molecule has 2 heterocycles. The van der Waals surface area contributed by atoms with Gasteiger partial charge in [-0.2, -0.15) is 0 Å². The van der Waals surface area contributed by atoms with Crippen LogP contribution in [0.25, 0.3) is 11.0 Å². The molecule has 0 saturated carbocycles. The fourth-order valence-electron chi connectivity index (χ4n) is 2.08. The standard InChI is InChI=1S/C15H13ClIN5O/c1-2-18-13-10(16)5-8(7-19-13)14(23)22-15-20-11-4-3-9(17)6-12(11)21-15/h3-7H,2H2,1H3,(H,18,19)(H2,20,21,22,23). The van der Waals surface area contributed by atoms with Crippen LogP contribution in [-0.2, 0) is 0 Å². The minimum absolute atomic E-state index is 0.323. The average molecular weight is 442 g/mol. The lowest BCUT2D eigenvalue weighted by Gasteiger charge is -2.06. The van der Waals surface area contributed by atoms with E-state index in [1.165, 1.54) is 6.20 Å². The number of fused-ring (bicyclic) bond motifs is 1. The molecule has 0 saturated heterocycles. The van der Waals surface area contributed by atoms with Gasteiger partial charge in [0.05, 0.1) is 21.6 Å². The molecule has 0 fully saturated rings. The Labute approximate surface area is 151 Å². The third kappa shape index (κ3) is 3.56. The molecule has 0 spiro atoms. The van der Waals surface area contributed by atoms with Crippen molar-refractivity contribution in [2.75, 3.05) is 17.2 Å². The summed E-state index contributed by atoms with van der Waals surface area (Å²) in [6.45, 7) is 2.65. The molecule has 6 nitrogen and oxygen atoms in total. The van der Waals surface area contributed by atoms with Crippen molar-refractivity contribution in [3.8, 4) is 0 Å². The summed E-state index contributed by atoms with van der Waals surface area (Å²) in [4.78, 5) is 23.8. The van der Waals surface area contributed by atoms with Crippen LogP contribution in [0.15, 0.2) is 30.5 Å². The van der Waals surface area contributed by atoms with Gasteiger partial charge in [0.2, 0.25) is 5.95 Å². The Morgan fingerprint density at radius 2 is 2.22 bits per heavy atom. The first kappa shape index (κ1) is 16.0. The summed E-state index contributed by atoms with van der Waals surface area (Å²) in [6.07, 6.45) is 1.48. The zero-order valence-corrected chi connectivity index (χ0v) is 15.1. The third-order valence-corrected chi connectivity index (χ3v) is 4.08. The number of benzene rings is 1. The van der Waals surface area contributed by atoms with Gasteiger partial charge in [0, 0.05) is 16.3 Å². The first-order valence-electron chi connectivity index (χ1n) is 6.93. The minimum atomic E-state index is -0.323. The van der Waals surface area contributed by atoms with Crippen LogP contribution in [0.4, 0.5) is 11.8 Å². The monoisotopic (exact) mass is 441 g/mol. The molecule has 23 heavy (non-hydrogen) atoms. The highest BCUT2D eigenvalue weighted by atomic mass is 127. The molecule has 3 N–H and O–H groups in total. The van der Waals surface area contributed by atoms with Gasteiger partial charge in [-0.15, -0.1) is 0 Å². The van der Waals surface area contributed by atoms with E-state index in [-0.39, 0.29) is 5.91 Å². The largest absolute Gasteiger partial charge is 0.369 e. The van der Waals surface area contributed by atoms with E-state index in [4.69, 9.17) is 11.6 Å². The Hall–Kier alpha value is -1.87. The van der Waals surface area contributed by atoms with Gasteiger partial charge in [-0.25, -0.2) is 9.97 Å². The molecular weight excluding hydrogens is 429 g/mol. The molecule has 1 aromatic carbocycles. The van der Waals surface area contributed by atoms with Crippen molar-refractivity contribution in [2.24, 2.45) is 0 Å². The fourth-order valence-corrected chi connectivity index (χ4v) is 2.80. The summed E-state index contributed by atoms with van der Waals surface area (Å²) in [7, 11) is 0. The summed E-state index contributed by atoms with van der Waals surface area (Å²) in [5, 5.41) is 6.14.